The van der Waals surface area contributed by atoms with Crippen molar-refractivity contribution >= 4 is 40.0 Å². The third-order valence-electron chi connectivity index (χ3n) is 6.03. The summed E-state index contributed by atoms with van der Waals surface area (Å²) in [6, 6.07) is 14.8. The van der Waals surface area contributed by atoms with Gasteiger partial charge < -0.3 is 15.0 Å². The van der Waals surface area contributed by atoms with E-state index >= 15 is 0 Å². The van der Waals surface area contributed by atoms with Crippen molar-refractivity contribution in [3.63, 3.8) is 0 Å². The quantitative estimate of drug-likeness (QED) is 0.315. The second-order valence-corrected chi connectivity index (χ2v) is 8.55. The third kappa shape index (κ3) is 4.62. The van der Waals surface area contributed by atoms with Crippen molar-refractivity contribution in [1.82, 2.24) is 28.8 Å². The number of imidazole rings is 1. The Labute approximate surface area is 213 Å². The van der Waals surface area contributed by atoms with E-state index in [4.69, 9.17) is 16.3 Å². The molecule has 5 aromatic rings. The highest BCUT2D eigenvalue weighted by molar-refractivity contribution is 6.32. The first-order chi connectivity index (χ1) is 17.6. The van der Waals surface area contributed by atoms with Crippen LogP contribution in [0.25, 0.3) is 22.5 Å². The summed E-state index contributed by atoms with van der Waals surface area (Å²) in [5, 5.41) is 4.00. The third-order valence-corrected chi connectivity index (χ3v) is 6.35. The number of anilines is 2. The van der Waals surface area contributed by atoms with Crippen LogP contribution >= 0.6 is 11.6 Å². The molecule has 0 bridgehead atoms. The fraction of sp³-hybridized carbons (Fsp3) is 0.231. The second-order valence-electron chi connectivity index (χ2n) is 8.14. The lowest BCUT2D eigenvalue weighted by atomic mass is 10.3. The minimum absolute atomic E-state index is 0.297. The summed E-state index contributed by atoms with van der Waals surface area (Å²) in [7, 11) is 0. The Kier molecular flexibility index (Phi) is 6.84. The molecule has 0 saturated heterocycles. The molecule has 0 amide bonds. The molecule has 0 aliphatic rings. The number of hydrogen-bond donors (Lipinski definition) is 1. The molecule has 5 rings (SSSR count). The van der Waals surface area contributed by atoms with Crippen molar-refractivity contribution in [3.05, 3.63) is 82.5 Å². The fourth-order valence-electron chi connectivity index (χ4n) is 4.05. The molecule has 0 spiro atoms. The van der Waals surface area contributed by atoms with Crippen LogP contribution < -0.4 is 15.6 Å². The van der Waals surface area contributed by atoms with Gasteiger partial charge in [-0.3, -0.25) is 9.20 Å². The van der Waals surface area contributed by atoms with Crippen molar-refractivity contribution in [2.75, 3.05) is 31.6 Å². The van der Waals surface area contributed by atoms with E-state index in [1.807, 2.05) is 36.4 Å². The molecule has 0 fully saturated rings. The number of para-hydroxylation sites is 1. The van der Waals surface area contributed by atoms with Gasteiger partial charge >= 0.3 is 0 Å². The van der Waals surface area contributed by atoms with Crippen molar-refractivity contribution in [2.45, 2.75) is 13.8 Å². The van der Waals surface area contributed by atoms with Crippen molar-refractivity contribution in [2.24, 2.45) is 0 Å². The first-order valence-corrected chi connectivity index (χ1v) is 12.2. The van der Waals surface area contributed by atoms with E-state index in [9.17, 15) is 4.79 Å². The number of halogens is 1. The van der Waals surface area contributed by atoms with Gasteiger partial charge in [0.15, 0.2) is 5.65 Å². The van der Waals surface area contributed by atoms with Gasteiger partial charge in [0.25, 0.3) is 5.56 Å². The molecule has 184 valence electrons. The lowest BCUT2D eigenvalue weighted by molar-refractivity contribution is 0.223. The average Bonchev–Trinajstić information content (AvgIpc) is 3.39. The van der Waals surface area contributed by atoms with E-state index in [2.05, 4.69) is 39.0 Å². The standard InChI is InChI=1S/C26H26ClN7O2/c1-3-32(4-2)15-16-36-19-11-9-18(10-12-19)30-25-29-17-20-23(31-25)33-14-13-28-26(33)34(24(20)35)22-8-6-5-7-21(22)27/h5-14,17H,3-4,15-16H2,1-2H3,(H,29,30,31). The smallest absolute Gasteiger partial charge is 0.270 e. The number of fused-ring (bicyclic) bond motifs is 3. The topological polar surface area (TPSA) is 89.6 Å². The number of benzene rings is 2. The Bertz CT molecular complexity index is 1560. The maximum Gasteiger partial charge on any atom is 0.270 e. The molecule has 3 heterocycles. The van der Waals surface area contributed by atoms with E-state index in [0.29, 0.717) is 40.1 Å². The van der Waals surface area contributed by atoms with Gasteiger partial charge in [0.1, 0.15) is 17.7 Å². The molecule has 9 nitrogen and oxygen atoms in total. The molecular weight excluding hydrogens is 478 g/mol. The highest BCUT2D eigenvalue weighted by Crippen LogP contribution is 2.23. The highest BCUT2D eigenvalue weighted by Gasteiger charge is 2.17. The number of hydrogen-bond acceptors (Lipinski definition) is 7. The van der Waals surface area contributed by atoms with E-state index in [1.165, 1.54) is 10.8 Å². The zero-order valence-electron chi connectivity index (χ0n) is 20.1. The summed E-state index contributed by atoms with van der Waals surface area (Å²) in [5.74, 6) is 1.58. The van der Waals surface area contributed by atoms with Crippen LogP contribution in [-0.2, 0) is 0 Å². The van der Waals surface area contributed by atoms with Gasteiger partial charge in [-0.05, 0) is 49.5 Å². The van der Waals surface area contributed by atoms with Crippen molar-refractivity contribution in [3.8, 4) is 11.4 Å². The number of aromatic nitrogens is 5. The predicted molar refractivity (Wildman–Crippen MR) is 142 cm³/mol. The highest BCUT2D eigenvalue weighted by atomic mass is 35.5. The number of nitrogens with zero attached hydrogens (tertiary/aromatic N) is 6. The number of likely N-dealkylation sites (N-methyl/N-ethyl adjacent to an activating group) is 1. The molecule has 0 aliphatic heterocycles. The SMILES string of the molecule is CCN(CC)CCOc1ccc(Nc2ncc3c(=O)n(-c4ccccc4Cl)c4nccn4c3n2)cc1. The molecule has 3 aromatic heterocycles. The minimum Gasteiger partial charge on any atom is -0.492 e. The monoisotopic (exact) mass is 503 g/mol. The molecule has 1 N–H and O–H groups in total. The van der Waals surface area contributed by atoms with Gasteiger partial charge in [-0.1, -0.05) is 37.6 Å². The van der Waals surface area contributed by atoms with Gasteiger partial charge in [-0.25, -0.2) is 14.5 Å². The van der Waals surface area contributed by atoms with Gasteiger partial charge in [0.05, 0.1) is 10.7 Å². The van der Waals surface area contributed by atoms with E-state index in [1.54, 1.807) is 28.9 Å². The van der Waals surface area contributed by atoms with E-state index in [0.717, 1.165) is 31.1 Å². The molecular formula is C26H26ClN7O2. The summed E-state index contributed by atoms with van der Waals surface area (Å²) in [6.07, 6.45) is 4.89. The number of rotatable bonds is 9. The largest absolute Gasteiger partial charge is 0.492 e. The molecule has 0 saturated carbocycles. The van der Waals surface area contributed by atoms with Crippen molar-refractivity contribution < 1.29 is 4.74 Å². The Balaban J connectivity index is 1.41. The maximum absolute atomic E-state index is 13.4. The molecule has 0 unspecified atom stereocenters. The first-order valence-electron chi connectivity index (χ1n) is 11.8. The Morgan fingerprint density at radius 2 is 1.83 bits per heavy atom. The fourth-order valence-corrected chi connectivity index (χ4v) is 4.27. The maximum atomic E-state index is 13.4. The summed E-state index contributed by atoms with van der Waals surface area (Å²) >= 11 is 6.38. The molecule has 10 heteroatoms. The van der Waals surface area contributed by atoms with Crippen molar-refractivity contribution in [1.29, 1.82) is 0 Å². The van der Waals surface area contributed by atoms with Crippen LogP contribution in [0.2, 0.25) is 5.02 Å². The van der Waals surface area contributed by atoms with E-state index in [-0.39, 0.29) is 5.56 Å². The summed E-state index contributed by atoms with van der Waals surface area (Å²) in [4.78, 5) is 29.1. The predicted octanol–water partition coefficient (Wildman–Crippen LogP) is 4.55. The van der Waals surface area contributed by atoms with Crippen LogP contribution in [0, 0.1) is 0 Å². The van der Waals surface area contributed by atoms with Crippen LogP contribution in [0.4, 0.5) is 11.6 Å². The van der Waals surface area contributed by atoms with Gasteiger partial charge in [0.2, 0.25) is 11.7 Å². The normalized spacial score (nSPS) is 11.4. The van der Waals surface area contributed by atoms with Crippen LogP contribution in [0.3, 0.4) is 0 Å². The molecule has 36 heavy (non-hydrogen) atoms. The minimum atomic E-state index is -0.297. The van der Waals surface area contributed by atoms with Gasteiger partial charge in [0, 0.05) is 30.8 Å². The molecule has 0 atom stereocenters. The molecule has 2 aromatic carbocycles. The zero-order valence-corrected chi connectivity index (χ0v) is 20.8. The van der Waals surface area contributed by atoms with Crippen LogP contribution in [0.5, 0.6) is 5.75 Å². The Morgan fingerprint density at radius 1 is 1.06 bits per heavy atom. The number of ether oxygens (including phenoxy) is 1. The lowest BCUT2D eigenvalue weighted by Crippen LogP contribution is -2.27. The van der Waals surface area contributed by atoms with E-state index < -0.39 is 0 Å². The summed E-state index contributed by atoms with van der Waals surface area (Å²) in [6.45, 7) is 7.82. The van der Waals surface area contributed by atoms with Crippen LogP contribution in [0.1, 0.15) is 13.8 Å². The lowest BCUT2D eigenvalue weighted by Gasteiger charge is -2.18. The first kappa shape index (κ1) is 23.8. The Morgan fingerprint density at radius 3 is 2.58 bits per heavy atom. The average molecular weight is 504 g/mol. The number of nitrogens with one attached hydrogen (secondary N) is 1. The van der Waals surface area contributed by atoms with Gasteiger partial charge in [-0.15, -0.1) is 0 Å². The summed E-state index contributed by atoms with van der Waals surface area (Å²) in [5.41, 5.74) is 1.50. The molecule has 0 aliphatic carbocycles. The van der Waals surface area contributed by atoms with Gasteiger partial charge in [-0.2, -0.15) is 4.98 Å². The zero-order chi connectivity index (χ0) is 25.1. The van der Waals surface area contributed by atoms with Crippen LogP contribution in [-0.4, -0.2) is 55.1 Å². The molecule has 0 radical (unpaired) electrons. The second kappa shape index (κ2) is 10.3. The van der Waals surface area contributed by atoms with Crippen LogP contribution in [0.15, 0.2) is 71.9 Å². The summed E-state index contributed by atoms with van der Waals surface area (Å²) < 4.78 is 9.08. The Hall–Kier alpha value is -3.95.